The van der Waals surface area contributed by atoms with E-state index in [4.69, 9.17) is 5.73 Å². The molecule has 0 aliphatic heterocycles. The molecule has 0 aliphatic rings. The van der Waals surface area contributed by atoms with Crippen molar-refractivity contribution in [3.05, 3.63) is 64.8 Å². The molecular formula is C18H12F2N4OS. The summed E-state index contributed by atoms with van der Waals surface area (Å²) >= 11 is 1.04. The fourth-order valence-corrected chi connectivity index (χ4v) is 3.88. The zero-order chi connectivity index (χ0) is 18.4. The van der Waals surface area contributed by atoms with Gasteiger partial charge in [-0.2, -0.15) is 5.10 Å². The van der Waals surface area contributed by atoms with Gasteiger partial charge in [0.15, 0.2) is 11.6 Å². The number of nitrogens with two attached hydrogens (primary N) is 1. The zero-order valence-electron chi connectivity index (χ0n) is 13.5. The van der Waals surface area contributed by atoms with Crippen LogP contribution in [0.4, 0.5) is 8.78 Å². The van der Waals surface area contributed by atoms with Crippen molar-refractivity contribution in [2.45, 2.75) is 6.92 Å². The SMILES string of the molecule is Cc1nn2ccccc2c1-c1nc(-c2cccc(F)c2F)c(C(N)=O)s1. The van der Waals surface area contributed by atoms with Crippen molar-refractivity contribution >= 4 is 22.8 Å². The van der Waals surface area contributed by atoms with Gasteiger partial charge in [-0.3, -0.25) is 4.79 Å². The largest absolute Gasteiger partial charge is 0.365 e. The maximum Gasteiger partial charge on any atom is 0.261 e. The van der Waals surface area contributed by atoms with Gasteiger partial charge in [0.2, 0.25) is 0 Å². The second-order valence-electron chi connectivity index (χ2n) is 5.65. The van der Waals surface area contributed by atoms with E-state index in [2.05, 4.69) is 10.1 Å². The van der Waals surface area contributed by atoms with E-state index in [1.807, 2.05) is 25.1 Å². The van der Waals surface area contributed by atoms with Crippen molar-refractivity contribution in [3.63, 3.8) is 0 Å². The summed E-state index contributed by atoms with van der Waals surface area (Å²) in [7, 11) is 0. The fourth-order valence-electron chi connectivity index (χ4n) is 2.84. The van der Waals surface area contributed by atoms with Gasteiger partial charge in [-0.1, -0.05) is 12.1 Å². The summed E-state index contributed by atoms with van der Waals surface area (Å²) in [5.41, 5.74) is 7.60. The first-order valence-corrected chi connectivity index (χ1v) is 8.48. The highest BCUT2D eigenvalue weighted by Crippen LogP contribution is 2.38. The number of hydrogen-bond donors (Lipinski definition) is 1. The van der Waals surface area contributed by atoms with Crippen LogP contribution < -0.4 is 5.73 Å². The number of primary amides is 1. The Morgan fingerprint density at radius 3 is 2.77 bits per heavy atom. The molecule has 3 heterocycles. The Kier molecular flexibility index (Phi) is 3.77. The van der Waals surface area contributed by atoms with E-state index in [0.717, 1.165) is 28.5 Å². The molecule has 0 aliphatic carbocycles. The van der Waals surface area contributed by atoms with Crippen LogP contribution in [0.2, 0.25) is 0 Å². The molecule has 2 N–H and O–H groups in total. The van der Waals surface area contributed by atoms with Crippen molar-refractivity contribution in [1.82, 2.24) is 14.6 Å². The Bertz CT molecular complexity index is 1170. The van der Waals surface area contributed by atoms with Gasteiger partial charge in [-0.05, 0) is 31.2 Å². The molecule has 4 rings (SSSR count). The third kappa shape index (κ3) is 2.46. The zero-order valence-corrected chi connectivity index (χ0v) is 14.3. The minimum absolute atomic E-state index is 0.0316. The van der Waals surface area contributed by atoms with Gasteiger partial charge in [0, 0.05) is 11.8 Å². The van der Waals surface area contributed by atoms with E-state index in [9.17, 15) is 13.6 Å². The number of fused-ring (bicyclic) bond motifs is 1. The molecule has 0 spiro atoms. The van der Waals surface area contributed by atoms with E-state index in [0.29, 0.717) is 10.7 Å². The first kappa shape index (κ1) is 16.3. The number of aromatic nitrogens is 3. The summed E-state index contributed by atoms with van der Waals surface area (Å²) in [6, 6.07) is 9.29. The number of amides is 1. The Hall–Kier alpha value is -3.13. The van der Waals surface area contributed by atoms with Gasteiger partial charge >= 0.3 is 0 Å². The summed E-state index contributed by atoms with van der Waals surface area (Å²) in [6.07, 6.45) is 1.79. The number of nitrogens with zero attached hydrogens (tertiary/aromatic N) is 3. The van der Waals surface area contributed by atoms with Gasteiger partial charge in [0.05, 0.1) is 22.5 Å². The molecule has 0 unspecified atom stereocenters. The highest BCUT2D eigenvalue weighted by molar-refractivity contribution is 7.17. The lowest BCUT2D eigenvalue weighted by molar-refractivity contribution is 0.100. The number of aryl methyl sites for hydroxylation is 1. The van der Waals surface area contributed by atoms with Crippen LogP contribution >= 0.6 is 11.3 Å². The quantitative estimate of drug-likeness (QED) is 0.596. The molecular weight excluding hydrogens is 358 g/mol. The van der Waals surface area contributed by atoms with Crippen molar-refractivity contribution < 1.29 is 13.6 Å². The molecule has 130 valence electrons. The molecule has 0 radical (unpaired) electrons. The first-order chi connectivity index (χ1) is 12.5. The first-order valence-electron chi connectivity index (χ1n) is 7.66. The fraction of sp³-hybridized carbons (Fsp3) is 0.0556. The molecule has 0 fully saturated rings. The third-order valence-corrected chi connectivity index (χ3v) is 5.07. The van der Waals surface area contributed by atoms with E-state index in [1.165, 1.54) is 12.1 Å². The monoisotopic (exact) mass is 370 g/mol. The summed E-state index contributed by atoms with van der Waals surface area (Å²) in [4.78, 5) is 16.4. The number of rotatable bonds is 3. The van der Waals surface area contributed by atoms with Crippen LogP contribution in [0.5, 0.6) is 0 Å². The highest BCUT2D eigenvalue weighted by Gasteiger charge is 2.24. The van der Waals surface area contributed by atoms with E-state index < -0.39 is 17.5 Å². The van der Waals surface area contributed by atoms with Crippen LogP contribution in [-0.4, -0.2) is 20.5 Å². The van der Waals surface area contributed by atoms with Gasteiger partial charge in [0.25, 0.3) is 5.91 Å². The standard InChI is InChI=1S/C18H12F2N4OS/c1-9-13(12-7-2-3-8-24(12)23-9)18-22-15(16(26-18)17(21)25)10-5-4-6-11(19)14(10)20/h2-8H,1H3,(H2,21,25). The van der Waals surface area contributed by atoms with Gasteiger partial charge in [0.1, 0.15) is 9.88 Å². The number of benzene rings is 1. The summed E-state index contributed by atoms with van der Waals surface area (Å²) in [6.45, 7) is 1.82. The third-order valence-electron chi connectivity index (χ3n) is 3.99. The minimum atomic E-state index is -1.07. The maximum absolute atomic E-state index is 14.2. The van der Waals surface area contributed by atoms with Crippen molar-refractivity contribution in [3.8, 4) is 21.8 Å². The molecule has 5 nitrogen and oxygen atoms in total. The van der Waals surface area contributed by atoms with Crippen LogP contribution in [0, 0.1) is 18.6 Å². The van der Waals surface area contributed by atoms with E-state index >= 15 is 0 Å². The normalized spacial score (nSPS) is 11.2. The van der Waals surface area contributed by atoms with E-state index in [-0.39, 0.29) is 16.1 Å². The Labute approximate surface area is 150 Å². The summed E-state index contributed by atoms with van der Waals surface area (Å²) in [5.74, 6) is -2.83. The van der Waals surface area contributed by atoms with Crippen LogP contribution in [-0.2, 0) is 0 Å². The maximum atomic E-state index is 14.2. The smallest absolute Gasteiger partial charge is 0.261 e. The predicted molar refractivity (Wildman–Crippen MR) is 94.9 cm³/mol. The number of thiazole rings is 1. The van der Waals surface area contributed by atoms with Gasteiger partial charge in [-0.25, -0.2) is 18.3 Å². The molecule has 8 heteroatoms. The van der Waals surface area contributed by atoms with Gasteiger partial charge < -0.3 is 5.73 Å². The van der Waals surface area contributed by atoms with Gasteiger partial charge in [-0.15, -0.1) is 11.3 Å². The second kappa shape index (κ2) is 5.99. The molecule has 1 amide bonds. The van der Waals surface area contributed by atoms with Crippen LogP contribution in [0.1, 0.15) is 15.4 Å². The van der Waals surface area contributed by atoms with Crippen molar-refractivity contribution in [2.75, 3.05) is 0 Å². The predicted octanol–water partition coefficient (Wildman–Crippen LogP) is 3.81. The number of hydrogen-bond acceptors (Lipinski definition) is 4. The molecule has 0 saturated carbocycles. The minimum Gasteiger partial charge on any atom is -0.365 e. The molecule has 4 aromatic rings. The number of carbonyl (C=O) groups is 1. The molecule has 26 heavy (non-hydrogen) atoms. The Morgan fingerprint density at radius 1 is 1.19 bits per heavy atom. The number of carbonyl (C=O) groups excluding carboxylic acids is 1. The molecule has 0 saturated heterocycles. The number of halogens is 2. The Morgan fingerprint density at radius 2 is 2.00 bits per heavy atom. The average molecular weight is 370 g/mol. The summed E-state index contributed by atoms with van der Waals surface area (Å²) < 4.78 is 29.6. The highest BCUT2D eigenvalue weighted by atomic mass is 32.1. The average Bonchev–Trinajstić information content (AvgIpc) is 3.17. The van der Waals surface area contributed by atoms with Crippen molar-refractivity contribution in [1.29, 1.82) is 0 Å². The van der Waals surface area contributed by atoms with Crippen molar-refractivity contribution in [2.24, 2.45) is 5.73 Å². The lowest BCUT2D eigenvalue weighted by Gasteiger charge is -2.02. The lowest BCUT2D eigenvalue weighted by atomic mass is 10.1. The molecule has 3 aromatic heterocycles. The number of pyridine rings is 1. The van der Waals surface area contributed by atoms with Crippen LogP contribution in [0.25, 0.3) is 27.3 Å². The molecule has 0 bridgehead atoms. The van der Waals surface area contributed by atoms with Crippen LogP contribution in [0.15, 0.2) is 42.6 Å². The van der Waals surface area contributed by atoms with Crippen LogP contribution in [0.3, 0.4) is 0 Å². The topological polar surface area (TPSA) is 73.3 Å². The lowest BCUT2D eigenvalue weighted by Crippen LogP contribution is -2.10. The molecule has 0 atom stereocenters. The second-order valence-corrected chi connectivity index (χ2v) is 6.65. The summed E-state index contributed by atoms with van der Waals surface area (Å²) in [5, 5.41) is 4.88. The Balaban J connectivity index is 1.99. The molecule has 1 aromatic carbocycles. The van der Waals surface area contributed by atoms with E-state index in [1.54, 1.807) is 10.7 Å².